The normalized spacial score (nSPS) is 12.9. The van der Waals surface area contributed by atoms with Crippen molar-refractivity contribution in [3.8, 4) is 34.4 Å². The second-order valence-electron chi connectivity index (χ2n) is 19.8. The molecular weight excluding hydrogens is 715 g/mol. The van der Waals surface area contributed by atoms with E-state index in [1.54, 1.807) is 0 Å². The maximum absolute atomic E-state index is 7.25. The lowest BCUT2D eigenvalue weighted by Crippen LogP contribution is -2.25. The largest absolute Gasteiger partial charge is 0.456 e. The molecule has 8 aromatic rings. The average molecular weight is 771 g/mol. The number of aryl methyl sites for hydroxylation is 1. The van der Waals surface area contributed by atoms with Crippen molar-refractivity contribution >= 4 is 32.8 Å². The molecule has 0 aliphatic rings. The Morgan fingerprint density at radius 1 is 0.569 bits per heavy atom. The summed E-state index contributed by atoms with van der Waals surface area (Å²) in [7, 11) is 2.09. The molecule has 8 heteroatoms. The molecule has 58 heavy (non-hydrogen) atoms. The number of ether oxygens (including phenoxy) is 1. The van der Waals surface area contributed by atoms with Crippen LogP contribution >= 0.6 is 0 Å². The van der Waals surface area contributed by atoms with Gasteiger partial charge in [-0.25, -0.2) is 24.5 Å². The Bertz CT molecular complexity index is 2840. The molecule has 0 N–H and O–H groups in total. The predicted molar refractivity (Wildman–Crippen MR) is 237 cm³/mol. The van der Waals surface area contributed by atoms with Crippen LogP contribution in [0.3, 0.4) is 0 Å². The highest BCUT2D eigenvalue weighted by Crippen LogP contribution is 2.43. The second-order valence-corrected chi connectivity index (χ2v) is 19.8. The molecule has 0 aliphatic heterocycles. The van der Waals surface area contributed by atoms with Gasteiger partial charge in [0.05, 0.1) is 23.6 Å². The topological polar surface area (TPSA) is 74.5 Å². The SMILES string of the molecule is C[n+]1cn(-c2cc(Oc3cc4c(cc3-c3nc(C(C)(C)C)nc(C(C)(C)C)n3)c3ccccc3n4-c3cc(C(C)(C)C)ccn3)cc(C(C)(C)C)c2)c2ccccc21. The van der Waals surface area contributed by atoms with Crippen LogP contribution < -0.4 is 9.30 Å². The van der Waals surface area contributed by atoms with Gasteiger partial charge in [-0.2, -0.15) is 4.57 Å². The summed E-state index contributed by atoms with van der Waals surface area (Å²) < 4.78 is 13.9. The summed E-state index contributed by atoms with van der Waals surface area (Å²) in [5.74, 6) is 4.29. The van der Waals surface area contributed by atoms with Crippen molar-refractivity contribution in [1.29, 1.82) is 0 Å². The predicted octanol–water partition coefficient (Wildman–Crippen LogP) is 11.8. The molecule has 8 nitrogen and oxygen atoms in total. The van der Waals surface area contributed by atoms with Gasteiger partial charge in [-0.05, 0) is 70.5 Å². The van der Waals surface area contributed by atoms with Crippen molar-refractivity contribution in [2.75, 3.05) is 0 Å². The molecule has 0 amide bonds. The molecule has 0 aliphatic carbocycles. The maximum Gasteiger partial charge on any atom is 0.249 e. The highest BCUT2D eigenvalue weighted by molar-refractivity contribution is 6.11. The fourth-order valence-corrected chi connectivity index (χ4v) is 7.49. The zero-order valence-corrected chi connectivity index (χ0v) is 36.4. The summed E-state index contributed by atoms with van der Waals surface area (Å²) in [6, 6.07) is 32.3. The summed E-state index contributed by atoms with van der Waals surface area (Å²) >= 11 is 0. The molecule has 0 unspecified atom stereocenters. The third kappa shape index (κ3) is 7.14. The van der Waals surface area contributed by atoms with Crippen LogP contribution in [0.15, 0.2) is 104 Å². The molecule has 0 saturated carbocycles. The molecule has 0 fully saturated rings. The summed E-state index contributed by atoms with van der Waals surface area (Å²) in [4.78, 5) is 20.4. The van der Waals surface area contributed by atoms with Gasteiger partial charge in [0.15, 0.2) is 16.9 Å². The molecule has 4 heterocycles. The highest BCUT2D eigenvalue weighted by Gasteiger charge is 2.29. The minimum Gasteiger partial charge on any atom is -0.456 e. The van der Waals surface area contributed by atoms with Crippen molar-refractivity contribution in [1.82, 2.24) is 29.1 Å². The van der Waals surface area contributed by atoms with Crippen LogP contribution in [0.25, 0.3) is 55.7 Å². The number of rotatable bonds is 5. The second kappa shape index (κ2) is 13.6. The van der Waals surface area contributed by atoms with E-state index in [0.717, 1.165) is 72.9 Å². The zero-order valence-electron chi connectivity index (χ0n) is 36.4. The Balaban J connectivity index is 1.44. The van der Waals surface area contributed by atoms with Crippen LogP contribution in [0.5, 0.6) is 11.5 Å². The van der Waals surface area contributed by atoms with E-state index in [9.17, 15) is 0 Å². The molecule has 0 radical (unpaired) electrons. The zero-order chi connectivity index (χ0) is 41.5. The summed E-state index contributed by atoms with van der Waals surface area (Å²) in [5, 5.41) is 2.17. The fourth-order valence-electron chi connectivity index (χ4n) is 7.49. The van der Waals surface area contributed by atoms with Crippen LogP contribution in [0.2, 0.25) is 0 Å². The van der Waals surface area contributed by atoms with E-state index in [0.29, 0.717) is 11.6 Å². The van der Waals surface area contributed by atoms with Crippen LogP contribution in [0.4, 0.5) is 0 Å². The number of hydrogen-bond acceptors (Lipinski definition) is 5. The summed E-state index contributed by atoms with van der Waals surface area (Å²) in [6.07, 6.45) is 4.05. The van der Waals surface area contributed by atoms with Gasteiger partial charge in [-0.1, -0.05) is 113 Å². The maximum atomic E-state index is 7.25. The van der Waals surface area contributed by atoms with Gasteiger partial charge < -0.3 is 4.74 Å². The molecule has 4 aromatic heterocycles. The van der Waals surface area contributed by atoms with E-state index in [1.165, 1.54) is 5.56 Å². The van der Waals surface area contributed by atoms with Crippen molar-refractivity contribution < 1.29 is 9.30 Å². The highest BCUT2D eigenvalue weighted by atomic mass is 16.5. The first-order chi connectivity index (χ1) is 27.2. The minimum atomic E-state index is -0.311. The number of para-hydroxylation sites is 3. The van der Waals surface area contributed by atoms with Crippen LogP contribution in [0, 0.1) is 0 Å². The molecule has 296 valence electrons. The van der Waals surface area contributed by atoms with Gasteiger partial charge in [-0.15, -0.1) is 0 Å². The van der Waals surface area contributed by atoms with Crippen molar-refractivity contribution in [2.24, 2.45) is 7.05 Å². The van der Waals surface area contributed by atoms with E-state index in [1.807, 2.05) is 6.20 Å². The van der Waals surface area contributed by atoms with Crippen LogP contribution in [-0.4, -0.2) is 29.1 Å². The van der Waals surface area contributed by atoms with E-state index >= 15 is 0 Å². The van der Waals surface area contributed by atoms with Crippen LogP contribution in [-0.2, 0) is 28.7 Å². The lowest BCUT2D eigenvalue weighted by atomic mass is 9.86. The molecule has 0 saturated heterocycles. The molecule has 0 atom stereocenters. The van der Waals surface area contributed by atoms with Crippen LogP contribution in [0.1, 0.15) is 106 Å². The van der Waals surface area contributed by atoms with Gasteiger partial charge in [-0.3, -0.25) is 4.57 Å². The standard InChI is InChI=1S/C50H56N7O/c1-47(2,3)31-22-23-51-43(26-31)57-38-19-15-14-18-35(38)36-28-37(44-52-45(49(7,8)9)54-46(53-44)50(10,11)12)42(29-41(36)57)58-34-25-32(48(4,5)6)24-33(27-34)56-30-55(13)39-20-16-17-21-40(39)56/h14-30H,1-13H3/q+1. The van der Waals surface area contributed by atoms with Gasteiger partial charge >= 0.3 is 0 Å². The van der Waals surface area contributed by atoms with E-state index in [-0.39, 0.29) is 21.7 Å². The Morgan fingerprint density at radius 3 is 1.86 bits per heavy atom. The Hall–Kier alpha value is -5.89. The smallest absolute Gasteiger partial charge is 0.249 e. The summed E-state index contributed by atoms with van der Waals surface area (Å²) in [5.41, 5.74) is 7.67. The lowest BCUT2D eigenvalue weighted by molar-refractivity contribution is -0.645. The van der Waals surface area contributed by atoms with E-state index < -0.39 is 0 Å². The van der Waals surface area contributed by atoms with E-state index in [4.69, 9.17) is 24.7 Å². The Labute approximate surface area is 342 Å². The average Bonchev–Trinajstić information content (AvgIpc) is 3.67. The third-order valence-corrected chi connectivity index (χ3v) is 10.9. The first-order valence-corrected chi connectivity index (χ1v) is 20.3. The lowest BCUT2D eigenvalue weighted by Gasteiger charge is -2.23. The molecule has 8 rings (SSSR count). The fraction of sp³-hybridized carbons (Fsp3) is 0.340. The van der Waals surface area contributed by atoms with Crippen molar-refractivity contribution in [2.45, 2.75) is 105 Å². The number of hydrogen-bond donors (Lipinski definition) is 0. The minimum absolute atomic E-state index is 0.0516. The monoisotopic (exact) mass is 770 g/mol. The quantitative estimate of drug-likeness (QED) is 0.163. The van der Waals surface area contributed by atoms with Gasteiger partial charge in [0, 0.05) is 39.9 Å². The molecular formula is C50H56N7O+. The van der Waals surface area contributed by atoms with Crippen molar-refractivity contribution in [3.63, 3.8) is 0 Å². The van der Waals surface area contributed by atoms with Gasteiger partial charge in [0.1, 0.15) is 34.7 Å². The number of imidazole rings is 1. The Kier molecular flexibility index (Phi) is 9.14. The number of benzene rings is 4. The molecule has 0 bridgehead atoms. The third-order valence-electron chi connectivity index (χ3n) is 10.9. The number of aromatic nitrogens is 7. The molecule has 4 aromatic carbocycles. The number of fused-ring (bicyclic) bond motifs is 4. The first-order valence-electron chi connectivity index (χ1n) is 20.3. The molecule has 0 spiro atoms. The first kappa shape index (κ1) is 39.0. The Morgan fingerprint density at radius 2 is 1.21 bits per heavy atom. The van der Waals surface area contributed by atoms with Gasteiger partial charge in [0.2, 0.25) is 6.33 Å². The van der Waals surface area contributed by atoms with Gasteiger partial charge in [0.25, 0.3) is 0 Å². The summed E-state index contributed by atoms with van der Waals surface area (Å²) in [6.45, 7) is 26.3. The van der Waals surface area contributed by atoms with E-state index in [2.05, 4.69) is 201 Å². The number of nitrogens with zero attached hydrogens (tertiary/aromatic N) is 7. The van der Waals surface area contributed by atoms with Crippen molar-refractivity contribution in [3.05, 3.63) is 126 Å². The number of pyridine rings is 1.